The van der Waals surface area contributed by atoms with E-state index in [0.29, 0.717) is 23.2 Å². The third-order valence-corrected chi connectivity index (χ3v) is 7.83. The monoisotopic (exact) mass is 475 g/mol. The number of benzene rings is 1. The summed E-state index contributed by atoms with van der Waals surface area (Å²) in [6, 6.07) is 9.37. The van der Waals surface area contributed by atoms with Gasteiger partial charge in [-0.3, -0.25) is 9.59 Å². The molecule has 0 unspecified atom stereocenters. The van der Waals surface area contributed by atoms with Crippen molar-refractivity contribution < 1.29 is 14.3 Å². The molecule has 1 amide bonds. The summed E-state index contributed by atoms with van der Waals surface area (Å²) in [6.45, 7) is 2.54. The van der Waals surface area contributed by atoms with Crippen LogP contribution in [0.2, 0.25) is 0 Å². The molecule has 1 aromatic carbocycles. The van der Waals surface area contributed by atoms with Crippen LogP contribution in [0, 0.1) is 0 Å². The van der Waals surface area contributed by atoms with E-state index in [4.69, 9.17) is 4.74 Å². The number of rotatable bonds is 9. The molecule has 6 nitrogen and oxygen atoms in total. The summed E-state index contributed by atoms with van der Waals surface area (Å²) in [5.41, 5.74) is 1.50. The van der Waals surface area contributed by atoms with Crippen LogP contribution in [0.3, 0.4) is 0 Å². The molecular weight excluding hydrogens is 459 g/mol. The minimum Gasteiger partial charge on any atom is -0.494 e. The second-order valence-corrected chi connectivity index (χ2v) is 10.2. The molecule has 4 aromatic rings. The normalized spacial score (nSPS) is 11.0. The Hall–Kier alpha value is -2.27. The maximum absolute atomic E-state index is 12.4. The number of ketones is 1. The average molecular weight is 476 g/mol. The zero-order chi connectivity index (χ0) is 20.9. The van der Waals surface area contributed by atoms with Crippen LogP contribution in [-0.4, -0.2) is 34.0 Å². The summed E-state index contributed by atoms with van der Waals surface area (Å²) in [5, 5.41) is 7.13. The lowest BCUT2D eigenvalue weighted by molar-refractivity contribution is -0.115. The van der Waals surface area contributed by atoms with Crippen LogP contribution in [0.25, 0.3) is 10.2 Å². The zero-order valence-corrected chi connectivity index (χ0v) is 19.2. The van der Waals surface area contributed by atoms with Gasteiger partial charge < -0.3 is 10.1 Å². The zero-order valence-electron chi connectivity index (χ0n) is 15.9. The maximum atomic E-state index is 12.4. The smallest absolute Gasteiger partial charge is 0.232 e. The molecule has 0 bridgehead atoms. The van der Waals surface area contributed by atoms with Crippen molar-refractivity contribution in [3.63, 3.8) is 0 Å². The van der Waals surface area contributed by atoms with Gasteiger partial charge in [0, 0.05) is 5.38 Å². The lowest BCUT2D eigenvalue weighted by Crippen LogP contribution is -2.14. The number of Topliss-reactive ketones (excluding diaryl/α,β-unsaturated/α-hetero) is 1. The lowest BCUT2D eigenvalue weighted by Gasteiger charge is -2.00. The maximum Gasteiger partial charge on any atom is 0.232 e. The summed E-state index contributed by atoms with van der Waals surface area (Å²) in [6.07, 6.45) is 0.163. The van der Waals surface area contributed by atoms with Crippen LogP contribution in [-0.2, 0) is 11.2 Å². The topological polar surface area (TPSA) is 81.2 Å². The van der Waals surface area contributed by atoms with Crippen molar-refractivity contribution in [2.24, 2.45) is 0 Å². The molecule has 30 heavy (non-hydrogen) atoms. The number of amides is 1. The van der Waals surface area contributed by atoms with Crippen molar-refractivity contribution in [1.82, 2.24) is 9.97 Å². The number of carbonyl (C=O) groups is 2. The molecule has 1 N–H and O–H groups in total. The van der Waals surface area contributed by atoms with Crippen molar-refractivity contribution in [3.8, 4) is 5.75 Å². The van der Waals surface area contributed by atoms with E-state index in [2.05, 4.69) is 15.3 Å². The number of ether oxygens (including phenoxy) is 1. The number of thiophene rings is 1. The number of thiazole rings is 2. The number of hydrogen-bond acceptors (Lipinski definition) is 9. The SMILES string of the molecule is CCOc1ccc2nc(NC(=O)Cc3csc(SCC(=O)c4cccs4)n3)sc2c1. The number of thioether (sulfide) groups is 1. The number of hydrogen-bond donors (Lipinski definition) is 1. The fourth-order valence-electron chi connectivity index (χ4n) is 2.61. The number of aromatic nitrogens is 2. The van der Waals surface area contributed by atoms with Gasteiger partial charge in [0.2, 0.25) is 5.91 Å². The van der Waals surface area contributed by atoms with Crippen LogP contribution in [0.4, 0.5) is 5.13 Å². The van der Waals surface area contributed by atoms with Gasteiger partial charge in [0.25, 0.3) is 0 Å². The standard InChI is InChI=1S/C20H17N3O3S4/c1-2-26-13-5-6-14-17(9-13)30-19(22-14)23-18(25)8-12-10-28-20(21-12)29-11-15(24)16-4-3-7-27-16/h3-7,9-10H,2,8,11H2,1H3,(H,22,23,25). The second-order valence-electron chi connectivity index (χ2n) is 6.10. The fourth-order valence-corrected chi connectivity index (χ4v) is 6.01. The van der Waals surface area contributed by atoms with Crippen LogP contribution in [0.15, 0.2) is 45.4 Å². The number of nitrogens with zero attached hydrogens (tertiary/aromatic N) is 2. The summed E-state index contributed by atoms with van der Waals surface area (Å²) >= 11 is 5.69. The van der Waals surface area contributed by atoms with Gasteiger partial charge in [-0.05, 0) is 36.6 Å². The molecular formula is C20H17N3O3S4. The largest absolute Gasteiger partial charge is 0.494 e. The first kappa shape index (κ1) is 21.0. The predicted octanol–water partition coefficient (Wildman–Crippen LogP) is 5.37. The van der Waals surface area contributed by atoms with Crippen LogP contribution in [0.1, 0.15) is 22.3 Å². The third-order valence-electron chi connectivity index (χ3n) is 3.91. The van der Waals surface area contributed by atoms with Crippen molar-refractivity contribution in [2.75, 3.05) is 17.7 Å². The second kappa shape index (κ2) is 9.69. The van der Waals surface area contributed by atoms with Crippen LogP contribution < -0.4 is 10.1 Å². The molecule has 0 aliphatic carbocycles. The average Bonchev–Trinajstić information content (AvgIpc) is 3.47. The van der Waals surface area contributed by atoms with E-state index in [-0.39, 0.29) is 18.1 Å². The van der Waals surface area contributed by atoms with Crippen molar-refractivity contribution in [3.05, 3.63) is 51.7 Å². The highest BCUT2D eigenvalue weighted by Crippen LogP contribution is 2.29. The van der Waals surface area contributed by atoms with E-state index in [1.165, 1.54) is 45.8 Å². The summed E-state index contributed by atoms with van der Waals surface area (Å²) < 4.78 is 7.24. The molecule has 0 saturated heterocycles. The Labute approximate surface area is 189 Å². The lowest BCUT2D eigenvalue weighted by atomic mass is 10.3. The highest BCUT2D eigenvalue weighted by atomic mass is 32.2. The number of nitrogens with one attached hydrogen (secondary N) is 1. The first-order valence-corrected chi connectivity index (χ1v) is 12.6. The first-order chi connectivity index (χ1) is 14.6. The molecule has 0 fully saturated rings. The van der Waals surface area contributed by atoms with Crippen molar-refractivity contribution >= 4 is 72.8 Å². The molecule has 0 spiro atoms. The molecule has 0 saturated carbocycles. The molecule has 0 radical (unpaired) electrons. The first-order valence-electron chi connectivity index (χ1n) is 9.08. The Kier molecular flexibility index (Phi) is 6.78. The Balaban J connectivity index is 1.32. The van der Waals surface area contributed by atoms with E-state index >= 15 is 0 Å². The van der Waals surface area contributed by atoms with Gasteiger partial charge in [0.15, 0.2) is 15.3 Å². The third kappa shape index (κ3) is 5.25. The van der Waals surface area contributed by atoms with E-state index in [1.807, 2.05) is 48.0 Å². The van der Waals surface area contributed by atoms with E-state index in [0.717, 1.165) is 25.2 Å². The van der Waals surface area contributed by atoms with Gasteiger partial charge in [-0.25, -0.2) is 9.97 Å². The Bertz CT molecular complexity index is 1170. The number of fused-ring (bicyclic) bond motifs is 1. The predicted molar refractivity (Wildman–Crippen MR) is 125 cm³/mol. The molecule has 0 aliphatic heterocycles. The highest BCUT2D eigenvalue weighted by Gasteiger charge is 2.13. The van der Waals surface area contributed by atoms with Crippen molar-refractivity contribution in [1.29, 1.82) is 0 Å². The van der Waals surface area contributed by atoms with E-state index in [1.54, 1.807) is 0 Å². The number of anilines is 1. The van der Waals surface area contributed by atoms with Crippen LogP contribution >= 0.6 is 45.8 Å². The van der Waals surface area contributed by atoms with E-state index < -0.39 is 0 Å². The summed E-state index contributed by atoms with van der Waals surface area (Å²) in [5.74, 6) is 1.05. The van der Waals surface area contributed by atoms with Gasteiger partial charge in [0.1, 0.15) is 5.75 Å². The molecule has 3 heterocycles. The minimum absolute atomic E-state index is 0.0906. The molecule has 10 heteroatoms. The van der Waals surface area contributed by atoms with E-state index in [9.17, 15) is 9.59 Å². The highest BCUT2D eigenvalue weighted by molar-refractivity contribution is 8.01. The molecule has 154 valence electrons. The van der Waals surface area contributed by atoms with Gasteiger partial charge in [0.05, 0.1) is 39.6 Å². The fraction of sp³-hybridized carbons (Fsp3) is 0.200. The van der Waals surface area contributed by atoms with Gasteiger partial charge in [-0.1, -0.05) is 29.2 Å². The van der Waals surface area contributed by atoms with Gasteiger partial charge in [-0.2, -0.15) is 0 Å². The Morgan fingerprint density at radius 3 is 2.90 bits per heavy atom. The molecule has 0 aliphatic rings. The van der Waals surface area contributed by atoms with Crippen molar-refractivity contribution in [2.45, 2.75) is 17.7 Å². The minimum atomic E-state index is -0.171. The Morgan fingerprint density at radius 1 is 1.20 bits per heavy atom. The van der Waals surface area contributed by atoms with Gasteiger partial charge >= 0.3 is 0 Å². The quantitative estimate of drug-likeness (QED) is 0.259. The molecule has 3 aromatic heterocycles. The van der Waals surface area contributed by atoms with Gasteiger partial charge in [-0.15, -0.1) is 22.7 Å². The summed E-state index contributed by atoms with van der Waals surface area (Å²) in [7, 11) is 0. The van der Waals surface area contributed by atoms with Crippen LogP contribution in [0.5, 0.6) is 5.75 Å². The number of carbonyl (C=O) groups excluding carboxylic acids is 2. The molecule has 0 atom stereocenters. The Morgan fingerprint density at radius 2 is 2.10 bits per heavy atom. The summed E-state index contributed by atoms with van der Waals surface area (Å²) in [4.78, 5) is 34.1. The molecule has 4 rings (SSSR count).